The molecule has 0 heterocycles. The van der Waals surface area contributed by atoms with E-state index >= 15 is 0 Å². The smallest absolute Gasteiger partial charge is 0.175 e. The first-order valence-corrected chi connectivity index (χ1v) is 12.1. The van der Waals surface area contributed by atoms with E-state index in [1.165, 1.54) is 12.3 Å². The Hall–Kier alpha value is -0.653. The summed E-state index contributed by atoms with van der Waals surface area (Å²) in [5.41, 5.74) is 0. The third-order valence-electron chi connectivity index (χ3n) is 2.37. The Morgan fingerprint density at radius 3 is 1.95 bits per heavy atom. The molecule has 0 saturated carbocycles. The second kappa shape index (κ2) is 8.50. The van der Waals surface area contributed by atoms with E-state index in [9.17, 15) is 8.42 Å². The highest BCUT2D eigenvalue weighted by molar-refractivity contribution is 7.90. The Labute approximate surface area is 118 Å². The van der Waals surface area contributed by atoms with E-state index in [1.54, 1.807) is 30.3 Å². The molecular weight excluding hydrogens is 276 g/mol. The van der Waals surface area contributed by atoms with E-state index in [-0.39, 0.29) is 0 Å². The lowest BCUT2D eigenvalue weighted by Gasteiger charge is -2.14. The third-order valence-corrected chi connectivity index (χ3v) is 5.20. The predicted octanol–water partition coefficient (Wildman–Crippen LogP) is 3.45. The van der Waals surface area contributed by atoms with Gasteiger partial charge in [-0.25, -0.2) is 8.42 Å². The van der Waals surface area contributed by atoms with Gasteiger partial charge in [-0.05, 0) is 25.1 Å². The summed E-state index contributed by atoms with van der Waals surface area (Å²) in [5.74, 6) is 0. The van der Waals surface area contributed by atoms with Crippen LogP contribution in [0.25, 0.3) is 0 Å². The minimum Gasteiger partial charge on any atom is -0.382 e. The number of ether oxygens (including phenoxy) is 1. The molecule has 0 amide bonds. The molecule has 0 unspecified atom stereocenters. The van der Waals surface area contributed by atoms with Gasteiger partial charge in [0.25, 0.3) is 0 Å². The zero-order valence-electron chi connectivity index (χ0n) is 12.6. The summed E-state index contributed by atoms with van der Waals surface area (Å²) in [6, 6.07) is 9.65. The number of sulfone groups is 1. The fourth-order valence-corrected chi connectivity index (χ4v) is 2.60. The van der Waals surface area contributed by atoms with Gasteiger partial charge in [0.1, 0.15) is 0 Å². The Bertz CT molecular complexity index is 436. The van der Waals surface area contributed by atoms with E-state index in [4.69, 9.17) is 4.74 Å². The summed E-state index contributed by atoms with van der Waals surface area (Å²) in [6.07, 6.45) is 1.20. The highest BCUT2D eigenvalue weighted by atomic mass is 32.2. The average Bonchev–Trinajstić information content (AvgIpc) is 2.29. The van der Waals surface area contributed by atoms with Gasteiger partial charge >= 0.3 is 0 Å². The summed E-state index contributed by atoms with van der Waals surface area (Å²) in [5, 5.41) is 0. The van der Waals surface area contributed by atoms with Crippen LogP contribution in [-0.4, -0.2) is 36.0 Å². The normalized spacial score (nSPS) is 11.6. The average molecular weight is 303 g/mol. The van der Waals surface area contributed by atoms with Crippen LogP contribution in [0.4, 0.5) is 0 Å². The quantitative estimate of drug-likeness (QED) is 0.618. The molecule has 0 aromatic heterocycles. The molecule has 0 aliphatic carbocycles. The van der Waals surface area contributed by atoms with Crippen LogP contribution in [0.1, 0.15) is 6.92 Å². The first kappa shape index (κ1) is 18.3. The molecule has 0 atom stereocenters. The van der Waals surface area contributed by atoms with E-state index in [2.05, 4.69) is 19.6 Å². The maximum Gasteiger partial charge on any atom is 0.175 e. The molecule has 0 aliphatic rings. The summed E-state index contributed by atoms with van der Waals surface area (Å²) in [4.78, 5) is 0.370. The van der Waals surface area contributed by atoms with Crippen molar-refractivity contribution >= 4 is 17.9 Å². The molecule has 0 aliphatic heterocycles. The van der Waals surface area contributed by atoms with E-state index < -0.39 is 17.9 Å². The summed E-state index contributed by atoms with van der Waals surface area (Å²) in [7, 11) is -3.82. The first-order valence-electron chi connectivity index (χ1n) is 6.49. The highest BCUT2D eigenvalue weighted by Crippen LogP contribution is 2.07. The molecule has 0 fully saturated rings. The van der Waals surface area contributed by atoms with Crippen LogP contribution in [0.5, 0.6) is 0 Å². The maximum atomic E-state index is 10.8. The van der Waals surface area contributed by atoms with Gasteiger partial charge in [0.2, 0.25) is 0 Å². The highest BCUT2D eigenvalue weighted by Gasteiger charge is 2.11. The van der Waals surface area contributed by atoms with E-state index in [0.29, 0.717) is 4.90 Å². The van der Waals surface area contributed by atoms with Gasteiger partial charge in [-0.1, -0.05) is 37.8 Å². The Balaban J connectivity index is 0.000000344. The molecule has 0 spiro atoms. The maximum absolute atomic E-state index is 10.8. The molecule has 0 saturated heterocycles. The van der Waals surface area contributed by atoms with Crippen molar-refractivity contribution in [2.75, 3.05) is 19.5 Å². The Kier molecular flexibility index (Phi) is 8.21. The molecule has 3 nitrogen and oxygen atoms in total. The van der Waals surface area contributed by atoms with Gasteiger partial charge in [0.15, 0.2) is 9.84 Å². The monoisotopic (exact) mass is 302 g/mol. The molecule has 0 N–H and O–H groups in total. The van der Waals surface area contributed by atoms with Gasteiger partial charge in [0, 0.05) is 27.5 Å². The van der Waals surface area contributed by atoms with E-state index in [0.717, 1.165) is 13.2 Å². The SMILES string of the molecule is CCOCC[Si](C)(C)C.CS(=O)(=O)c1ccccc1. The van der Waals surface area contributed by atoms with Crippen molar-refractivity contribution < 1.29 is 13.2 Å². The second-order valence-corrected chi connectivity index (χ2v) is 13.2. The van der Waals surface area contributed by atoms with Crippen molar-refractivity contribution in [2.24, 2.45) is 0 Å². The minimum absolute atomic E-state index is 0.370. The lowest BCUT2D eigenvalue weighted by Crippen LogP contribution is -2.21. The molecule has 0 bridgehead atoms. The van der Waals surface area contributed by atoms with E-state index in [1.807, 2.05) is 6.92 Å². The van der Waals surface area contributed by atoms with Gasteiger partial charge in [0.05, 0.1) is 4.90 Å². The van der Waals surface area contributed by atoms with Crippen LogP contribution < -0.4 is 0 Å². The van der Waals surface area contributed by atoms with Crippen molar-refractivity contribution in [3.05, 3.63) is 30.3 Å². The number of benzene rings is 1. The number of hydrogen-bond acceptors (Lipinski definition) is 3. The fraction of sp³-hybridized carbons (Fsp3) is 0.571. The fourth-order valence-electron chi connectivity index (χ4n) is 1.19. The lowest BCUT2D eigenvalue weighted by molar-refractivity contribution is 0.161. The molecule has 0 radical (unpaired) electrons. The van der Waals surface area contributed by atoms with Crippen LogP contribution in [0.2, 0.25) is 25.7 Å². The van der Waals surface area contributed by atoms with Gasteiger partial charge in [-0.3, -0.25) is 0 Å². The number of rotatable bonds is 5. The Morgan fingerprint density at radius 2 is 1.63 bits per heavy atom. The molecule has 1 rings (SSSR count). The van der Waals surface area contributed by atoms with Crippen LogP contribution >= 0.6 is 0 Å². The number of hydrogen-bond donors (Lipinski definition) is 0. The summed E-state index contributed by atoms with van der Waals surface area (Å²) in [6.45, 7) is 11.0. The molecule has 1 aromatic rings. The predicted molar refractivity (Wildman–Crippen MR) is 84.2 cm³/mol. The zero-order valence-corrected chi connectivity index (χ0v) is 14.5. The third kappa shape index (κ3) is 10.9. The van der Waals surface area contributed by atoms with Crippen LogP contribution in [0, 0.1) is 0 Å². The Morgan fingerprint density at radius 1 is 1.11 bits per heavy atom. The van der Waals surface area contributed by atoms with Crippen molar-refractivity contribution in [3.8, 4) is 0 Å². The second-order valence-electron chi connectivity index (χ2n) is 5.59. The summed E-state index contributed by atoms with van der Waals surface area (Å²) < 4.78 is 26.9. The molecular formula is C14H26O3SSi. The molecule has 1 aromatic carbocycles. The van der Waals surface area contributed by atoms with Gasteiger partial charge < -0.3 is 4.74 Å². The van der Waals surface area contributed by atoms with Crippen molar-refractivity contribution in [1.82, 2.24) is 0 Å². The minimum atomic E-state index is -3.00. The molecule has 110 valence electrons. The van der Waals surface area contributed by atoms with Crippen molar-refractivity contribution in [1.29, 1.82) is 0 Å². The first-order chi connectivity index (χ1) is 8.67. The molecule has 5 heteroatoms. The zero-order chi connectivity index (χ0) is 14.9. The van der Waals surface area contributed by atoms with Crippen LogP contribution in [0.15, 0.2) is 35.2 Å². The summed E-state index contributed by atoms with van der Waals surface area (Å²) >= 11 is 0. The van der Waals surface area contributed by atoms with Crippen molar-refractivity contribution in [2.45, 2.75) is 37.5 Å². The van der Waals surface area contributed by atoms with Crippen molar-refractivity contribution in [3.63, 3.8) is 0 Å². The molecule has 19 heavy (non-hydrogen) atoms. The largest absolute Gasteiger partial charge is 0.382 e. The van der Waals surface area contributed by atoms with Gasteiger partial charge in [-0.15, -0.1) is 0 Å². The standard InChI is InChI=1S/C7H8O2S.C7H18OSi/c1-10(8,9)7-5-3-2-4-6-7;1-5-8-6-7-9(2,3)4/h2-6H,1H3;5-7H2,1-4H3. The van der Waals surface area contributed by atoms with Crippen LogP contribution in [-0.2, 0) is 14.6 Å². The lowest BCUT2D eigenvalue weighted by atomic mass is 10.4. The van der Waals surface area contributed by atoms with Crippen LogP contribution in [0.3, 0.4) is 0 Å². The topological polar surface area (TPSA) is 43.4 Å². The van der Waals surface area contributed by atoms with Gasteiger partial charge in [-0.2, -0.15) is 0 Å².